The number of aryl methyl sites for hydroxylation is 1. The van der Waals surface area contributed by atoms with Gasteiger partial charge in [0, 0.05) is 37.3 Å². The molecule has 0 saturated heterocycles. The van der Waals surface area contributed by atoms with Crippen molar-refractivity contribution in [3.63, 3.8) is 0 Å². The number of nitrogens with zero attached hydrogens (tertiary/aromatic N) is 1. The maximum Gasteiger partial charge on any atom is 0.250 e. The van der Waals surface area contributed by atoms with E-state index in [0.717, 1.165) is 12.8 Å². The van der Waals surface area contributed by atoms with Crippen molar-refractivity contribution in [3.05, 3.63) is 34.7 Å². The highest BCUT2D eigenvalue weighted by Gasteiger charge is 2.28. The predicted octanol–water partition coefficient (Wildman–Crippen LogP) is -0.156. The van der Waals surface area contributed by atoms with Crippen LogP contribution in [0, 0.1) is 0 Å². The lowest BCUT2D eigenvalue weighted by molar-refractivity contribution is -0.122. The van der Waals surface area contributed by atoms with E-state index in [1.165, 1.54) is 10.6 Å². The fourth-order valence-electron chi connectivity index (χ4n) is 1.85. The molecular formula is C12H17N3O2. The van der Waals surface area contributed by atoms with E-state index in [2.05, 4.69) is 5.32 Å². The smallest absolute Gasteiger partial charge is 0.250 e. The molecule has 0 aromatic carbocycles. The molecule has 1 amide bonds. The molecule has 0 bridgehead atoms. The van der Waals surface area contributed by atoms with E-state index in [1.54, 1.807) is 18.3 Å². The Labute approximate surface area is 99.6 Å². The second-order valence-electron chi connectivity index (χ2n) is 4.40. The summed E-state index contributed by atoms with van der Waals surface area (Å²) >= 11 is 0. The van der Waals surface area contributed by atoms with Gasteiger partial charge in [0.1, 0.15) is 0 Å². The van der Waals surface area contributed by atoms with Gasteiger partial charge in [0.15, 0.2) is 0 Å². The first-order valence-corrected chi connectivity index (χ1v) is 5.87. The van der Waals surface area contributed by atoms with Crippen LogP contribution in [0.15, 0.2) is 29.2 Å². The Hall–Kier alpha value is -1.62. The van der Waals surface area contributed by atoms with E-state index in [9.17, 15) is 9.59 Å². The van der Waals surface area contributed by atoms with Crippen molar-refractivity contribution < 1.29 is 4.79 Å². The van der Waals surface area contributed by atoms with Crippen molar-refractivity contribution in [2.45, 2.75) is 37.9 Å². The van der Waals surface area contributed by atoms with Gasteiger partial charge >= 0.3 is 0 Å². The zero-order chi connectivity index (χ0) is 12.3. The van der Waals surface area contributed by atoms with Gasteiger partial charge in [-0.2, -0.15) is 0 Å². The van der Waals surface area contributed by atoms with Crippen molar-refractivity contribution in [1.29, 1.82) is 0 Å². The fraction of sp³-hybridized carbons (Fsp3) is 0.500. The quantitative estimate of drug-likeness (QED) is 0.761. The Morgan fingerprint density at radius 2 is 2.29 bits per heavy atom. The largest absolute Gasteiger partial charge is 0.352 e. The molecule has 3 N–H and O–H groups in total. The summed E-state index contributed by atoms with van der Waals surface area (Å²) in [5, 5.41) is 2.88. The van der Waals surface area contributed by atoms with E-state index < -0.39 is 0 Å². The minimum Gasteiger partial charge on any atom is -0.352 e. The van der Waals surface area contributed by atoms with Crippen LogP contribution in [-0.4, -0.2) is 22.6 Å². The SMILES string of the molecule is N[C@@H]1CC[C@@H]1NC(=O)CCn1ccccc1=O. The van der Waals surface area contributed by atoms with Gasteiger partial charge in [0.2, 0.25) is 5.91 Å². The van der Waals surface area contributed by atoms with Gasteiger partial charge in [-0.15, -0.1) is 0 Å². The number of nitrogens with two attached hydrogens (primary N) is 1. The third-order valence-electron chi connectivity index (χ3n) is 3.15. The van der Waals surface area contributed by atoms with Gasteiger partial charge < -0.3 is 15.6 Å². The molecule has 5 nitrogen and oxygen atoms in total. The third kappa shape index (κ3) is 2.94. The van der Waals surface area contributed by atoms with Crippen LogP contribution in [0.4, 0.5) is 0 Å². The minimum atomic E-state index is -0.0827. The molecule has 1 aliphatic rings. The van der Waals surface area contributed by atoms with E-state index >= 15 is 0 Å². The molecule has 1 aromatic heterocycles. The van der Waals surface area contributed by atoms with Crippen LogP contribution in [0.25, 0.3) is 0 Å². The highest BCUT2D eigenvalue weighted by atomic mass is 16.2. The summed E-state index contributed by atoms with van der Waals surface area (Å²) in [5.74, 6) is -0.0408. The summed E-state index contributed by atoms with van der Waals surface area (Å²) in [6.07, 6.45) is 3.93. The van der Waals surface area contributed by atoms with E-state index in [4.69, 9.17) is 5.73 Å². The molecule has 17 heavy (non-hydrogen) atoms. The van der Waals surface area contributed by atoms with Gasteiger partial charge in [-0.3, -0.25) is 9.59 Å². The molecule has 1 saturated carbocycles. The van der Waals surface area contributed by atoms with Crippen molar-refractivity contribution in [2.75, 3.05) is 0 Å². The third-order valence-corrected chi connectivity index (χ3v) is 3.15. The highest BCUT2D eigenvalue weighted by Crippen LogP contribution is 2.17. The summed E-state index contributed by atoms with van der Waals surface area (Å²) in [6, 6.07) is 5.17. The number of hydrogen-bond acceptors (Lipinski definition) is 3. The molecule has 0 aliphatic heterocycles. The van der Waals surface area contributed by atoms with Crippen LogP contribution >= 0.6 is 0 Å². The molecule has 2 atom stereocenters. The lowest BCUT2D eigenvalue weighted by Crippen LogP contribution is -2.54. The summed E-state index contributed by atoms with van der Waals surface area (Å²) in [7, 11) is 0. The number of nitrogens with one attached hydrogen (secondary N) is 1. The molecule has 2 rings (SSSR count). The number of rotatable bonds is 4. The zero-order valence-corrected chi connectivity index (χ0v) is 9.63. The molecule has 1 fully saturated rings. The first-order chi connectivity index (χ1) is 8.16. The molecule has 0 unspecified atom stereocenters. The van der Waals surface area contributed by atoms with Crippen LogP contribution in [0.3, 0.4) is 0 Å². The Bertz CT molecular complexity index is 455. The predicted molar refractivity (Wildman–Crippen MR) is 64.5 cm³/mol. The average molecular weight is 235 g/mol. The second kappa shape index (κ2) is 5.14. The van der Waals surface area contributed by atoms with Crippen LogP contribution in [0.2, 0.25) is 0 Å². The summed E-state index contributed by atoms with van der Waals surface area (Å²) < 4.78 is 1.53. The molecule has 5 heteroatoms. The standard InChI is InChI=1S/C12H17N3O2/c13-9-4-5-10(9)14-11(16)6-8-15-7-2-1-3-12(15)17/h1-3,7,9-10H,4-6,8,13H2,(H,14,16)/t9-,10+/m1/s1. The normalized spacial score (nSPS) is 22.9. The van der Waals surface area contributed by atoms with Crippen LogP contribution in [-0.2, 0) is 11.3 Å². The summed E-state index contributed by atoms with van der Waals surface area (Å²) in [4.78, 5) is 23.0. The number of amides is 1. The molecule has 1 aliphatic carbocycles. The highest BCUT2D eigenvalue weighted by molar-refractivity contribution is 5.76. The lowest BCUT2D eigenvalue weighted by atomic mass is 9.87. The monoisotopic (exact) mass is 235 g/mol. The van der Waals surface area contributed by atoms with E-state index in [-0.39, 0.29) is 23.6 Å². The lowest BCUT2D eigenvalue weighted by Gasteiger charge is -2.34. The Balaban J connectivity index is 1.80. The summed E-state index contributed by atoms with van der Waals surface area (Å²) in [6.45, 7) is 0.410. The Morgan fingerprint density at radius 1 is 1.47 bits per heavy atom. The second-order valence-corrected chi connectivity index (χ2v) is 4.40. The number of hydrogen-bond donors (Lipinski definition) is 2. The van der Waals surface area contributed by atoms with Crippen molar-refractivity contribution >= 4 is 5.91 Å². The Morgan fingerprint density at radius 3 is 2.88 bits per heavy atom. The number of aromatic nitrogens is 1. The zero-order valence-electron chi connectivity index (χ0n) is 9.63. The number of carbonyl (C=O) groups is 1. The number of carbonyl (C=O) groups excluding carboxylic acids is 1. The molecule has 1 heterocycles. The van der Waals surface area contributed by atoms with Gasteiger partial charge in [0.25, 0.3) is 5.56 Å². The molecule has 1 aromatic rings. The van der Waals surface area contributed by atoms with Crippen LogP contribution < -0.4 is 16.6 Å². The van der Waals surface area contributed by atoms with Crippen molar-refractivity contribution in [1.82, 2.24) is 9.88 Å². The van der Waals surface area contributed by atoms with Crippen molar-refractivity contribution in [2.24, 2.45) is 5.73 Å². The van der Waals surface area contributed by atoms with E-state index in [0.29, 0.717) is 13.0 Å². The molecule has 0 spiro atoms. The van der Waals surface area contributed by atoms with E-state index in [1.807, 2.05) is 0 Å². The topological polar surface area (TPSA) is 77.1 Å². The summed E-state index contributed by atoms with van der Waals surface area (Å²) in [5.41, 5.74) is 5.65. The maximum atomic E-state index is 11.6. The number of pyridine rings is 1. The van der Waals surface area contributed by atoms with Crippen molar-refractivity contribution in [3.8, 4) is 0 Å². The minimum absolute atomic E-state index is 0.0408. The first-order valence-electron chi connectivity index (χ1n) is 5.87. The van der Waals surface area contributed by atoms with Crippen LogP contribution in [0.5, 0.6) is 0 Å². The molecule has 0 radical (unpaired) electrons. The molecule has 92 valence electrons. The van der Waals surface area contributed by atoms with Gasteiger partial charge in [-0.25, -0.2) is 0 Å². The van der Waals surface area contributed by atoms with Crippen LogP contribution in [0.1, 0.15) is 19.3 Å². The fourth-order valence-corrected chi connectivity index (χ4v) is 1.85. The maximum absolute atomic E-state index is 11.6. The average Bonchev–Trinajstić information content (AvgIpc) is 2.33. The first kappa shape index (κ1) is 11.9. The Kier molecular flexibility index (Phi) is 3.58. The van der Waals surface area contributed by atoms with Gasteiger partial charge in [0.05, 0.1) is 0 Å². The molecular weight excluding hydrogens is 218 g/mol. The van der Waals surface area contributed by atoms with Gasteiger partial charge in [-0.05, 0) is 18.9 Å². The van der Waals surface area contributed by atoms with Gasteiger partial charge in [-0.1, -0.05) is 6.07 Å².